The van der Waals surface area contributed by atoms with Crippen LogP contribution in [-0.4, -0.2) is 25.3 Å². The molecular weight excluding hydrogens is 301 g/mol. The van der Waals surface area contributed by atoms with Gasteiger partial charge >= 0.3 is 0 Å². The predicted octanol–water partition coefficient (Wildman–Crippen LogP) is 2.24. The Morgan fingerprint density at radius 3 is 3.00 bits per heavy atom. The number of aromatic nitrogens is 1. The molecule has 0 saturated heterocycles. The Kier molecular flexibility index (Phi) is 5.85. The molecule has 5 heteroatoms. The molecule has 0 unspecified atom stereocenters. The molecule has 0 radical (unpaired) electrons. The predicted molar refractivity (Wildman–Crippen MR) is 61.4 cm³/mol. The van der Waals surface area contributed by atoms with Crippen LogP contribution in [0.4, 0.5) is 0 Å². The molecule has 0 aliphatic rings. The van der Waals surface area contributed by atoms with Crippen LogP contribution in [0.3, 0.4) is 0 Å². The van der Waals surface area contributed by atoms with Gasteiger partial charge in [0.15, 0.2) is 0 Å². The minimum atomic E-state index is 0.602. The first-order valence-corrected chi connectivity index (χ1v) is 6.33. The Labute approximate surface area is 95.6 Å². The number of methoxy groups -OCH3 is 1. The molecule has 74 valence electrons. The van der Waals surface area contributed by atoms with Crippen molar-refractivity contribution < 1.29 is 9.47 Å². The van der Waals surface area contributed by atoms with Crippen LogP contribution in [0.15, 0.2) is 5.38 Å². The van der Waals surface area contributed by atoms with Gasteiger partial charge in [-0.2, -0.15) is 0 Å². The lowest BCUT2D eigenvalue weighted by Gasteiger charge is -1.99. The molecule has 0 amide bonds. The Morgan fingerprint density at radius 2 is 2.38 bits per heavy atom. The van der Waals surface area contributed by atoms with Crippen LogP contribution in [0.25, 0.3) is 0 Å². The minimum absolute atomic E-state index is 0.602. The van der Waals surface area contributed by atoms with Crippen molar-refractivity contribution in [1.82, 2.24) is 4.98 Å². The molecule has 0 aliphatic heterocycles. The summed E-state index contributed by atoms with van der Waals surface area (Å²) in [5.74, 6) is 0. The first-order chi connectivity index (χ1) is 6.36. The van der Waals surface area contributed by atoms with Gasteiger partial charge in [-0.3, -0.25) is 0 Å². The van der Waals surface area contributed by atoms with Crippen LogP contribution in [0.2, 0.25) is 0 Å². The van der Waals surface area contributed by atoms with Crippen molar-refractivity contribution in [2.75, 3.05) is 20.3 Å². The van der Waals surface area contributed by atoms with E-state index in [9.17, 15) is 0 Å². The summed E-state index contributed by atoms with van der Waals surface area (Å²) in [6.45, 7) is 1.88. The van der Waals surface area contributed by atoms with Gasteiger partial charge in [0.25, 0.3) is 0 Å². The number of hydrogen-bond acceptors (Lipinski definition) is 4. The number of thiazole rings is 1. The third-order valence-electron chi connectivity index (χ3n) is 1.39. The highest BCUT2D eigenvalue weighted by Crippen LogP contribution is 2.13. The molecule has 3 nitrogen and oxygen atoms in total. The van der Waals surface area contributed by atoms with Crippen LogP contribution >= 0.6 is 33.9 Å². The third-order valence-corrected chi connectivity index (χ3v) is 3.05. The van der Waals surface area contributed by atoms with E-state index in [-0.39, 0.29) is 0 Å². The SMILES string of the molecule is COCCOCc1nc(CI)cs1. The average molecular weight is 313 g/mol. The maximum atomic E-state index is 5.34. The first-order valence-electron chi connectivity index (χ1n) is 3.92. The zero-order valence-electron chi connectivity index (χ0n) is 7.46. The summed E-state index contributed by atoms with van der Waals surface area (Å²) in [6.07, 6.45) is 0. The zero-order chi connectivity index (χ0) is 9.52. The smallest absolute Gasteiger partial charge is 0.119 e. The lowest BCUT2D eigenvalue weighted by Crippen LogP contribution is -2.01. The minimum Gasteiger partial charge on any atom is -0.382 e. The van der Waals surface area contributed by atoms with E-state index >= 15 is 0 Å². The van der Waals surface area contributed by atoms with Gasteiger partial charge < -0.3 is 9.47 Å². The Hall–Kier alpha value is 0.280. The molecule has 13 heavy (non-hydrogen) atoms. The van der Waals surface area contributed by atoms with Crippen molar-refractivity contribution in [1.29, 1.82) is 0 Å². The van der Waals surface area contributed by atoms with Gasteiger partial charge in [0.2, 0.25) is 0 Å². The highest BCUT2D eigenvalue weighted by Gasteiger charge is 1.99. The second-order valence-corrected chi connectivity index (χ2v) is 4.12. The largest absolute Gasteiger partial charge is 0.382 e. The summed E-state index contributed by atoms with van der Waals surface area (Å²) in [7, 11) is 1.67. The molecule has 1 heterocycles. The van der Waals surface area contributed by atoms with Gasteiger partial charge in [0.05, 0.1) is 25.5 Å². The Morgan fingerprint density at radius 1 is 1.54 bits per heavy atom. The molecule has 0 fully saturated rings. The molecule has 0 N–H and O–H groups in total. The molecule has 0 saturated carbocycles. The Balaban J connectivity index is 2.20. The zero-order valence-corrected chi connectivity index (χ0v) is 10.4. The van der Waals surface area contributed by atoms with Gasteiger partial charge in [0.1, 0.15) is 5.01 Å². The van der Waals surface area contributed by atoms with Crippen LogP contribution < -0.4 is 0 Å². The average Bonchev–Trinajstić information content (AvgIpc) is 2.60. The standard InChI is InChI=1S/C8H12INO2S/c1-11-2-3-12-5-8-10-7(4-9)6-13-8/h6H,2-5H2,1H3. The van der Waals surface area contributed by atoms with E-state index in [1.165, 1.54) is 0 Å². The molecular formula is C8H12INO2S. The fourth-order valence-electron chi connectivity index (χ4n) is 0.778. The monoisotopic (exact) mass is 313 g/mol. The number of hydrogen-bond donors (Lipinski definition) is 0. The molecule has 1 rings (SSSR count). The quantitative estimate of drug-likeness (QED) is 0.458. The fraction of sp³-hybridized carbons (Fsp3) is 0.625. The van der Waals surface area contributed by atoms with E-state index < -0.39 is 0 Å². The van der Waals surface area contributed by atoms with E-state index in [4.69, 9.17) is 9.47 Å². The molecule has 0 aliphatic carbocycles. The van der Waals surface area contributed by atoms with Crippen LogP contribution in [0.1, 0.15) is 10.7 Å². The van der Waals surface area contributed by atoms with E-state index in [1.807, 2.05) is 0 Å². The maximum Gasteiger partial charge on any atom is 0.119 e. The second-order valence-electron chi connectivity index (χ2n) is 2.41. The number of nitrogens with zero attached hydrogens (tertiary/aromatic N) is 1. The first kappa shape index (κ1) is 11.4. The lowest BCUT2D eigenvalue weighted by molar-refractivity contribution is 0.0615. The van der Waals surface area contributed by atoms with Gasteiger partial charge in [-0.05, 0) is 0 Å². The topological polar surface area (TPSA) is 31.4 Å². The van der Waals surface area contributed by atoms with Gasteiger partial charge in [-0.15, -0.1) is 11.3 Å². The van der Waals surface area contributed by atoms with E-state index in [0.717, 1.165) is 15.1 Å². The van der Waals surface area contributed by atoms with Crippen molar-refractivity contribution in [2.24, 2.45) is 0 Å². The third kappa shape index (κ3) is 4.35. The number of alkyl halides is 1. The summed E-state index contributed by atoms with van der Waals surface area (Å²) < 4.78 is 11.2. The van der Waals surface area contributed by atoms with Crippen LogP contribution in [0, 0.1) is 0 Å². The Bertz CT molecular complexity index is 242. The van der Waals surface area contributed by atoms with Crippen molar-refractivity contribution in [3.8, 4) is 0 Å². The summed E-state index contributed by atoms with van der Waals surface area (Å²) in [5, 5.41) is 3.12. The highest BCUT2D eigenvalue weighted by molar-refractivity contribution is 14.1. The number of halogens is 1. The molecule has 0 spiro atoms. The summed E-state index contributed by atoms with van der Waals surface area (Å²) in [4.78, 5) is 4.37. The van der Waals surface area contributed by atoms with Gasteiger partial charge in [-0.25, -0.2) is 4.98 Å². The summed E-state index contributed by atoms with van der Waals surface area (Å²) in [5.41, 5.74) is 1.14. The van der Waals surface area contributed by atoms with Crippen molar-refractivity contribution in [3.63, 3.8) is 0 Å². The van der Waals surface area contributed by atoms with Crippen LogP contribution in [0.5, 0.6) is 0 Å². The van der Waals surface area contributed by atoms with Crippen molar-refractivity contribution in [3.05, 3.63) is 16.1 Å². The van der Waals surface area contributed by atoms with Crippen LogP contribution in [-0.2, 0) is 20.5 Å². The molecule has 1 aromatic heterocycles. The maximum absolute atomic E-state index is 5.34. The highest BCUT2D eigenvalue weighted by atomic mass is 127. The molecule has 1 aromatic rings. The second kappa shape index (κ2) is 6.69. The molecule has 0 bridgehead atoms. The van der Waals surface area contributed by atoms with Crippen molar-refractivity contribution >= 4 is 33.9 Å². The summed E-state index contributed by atoms with van der Waals surface area (Å²) in [6, 6.07) is 0. The lowest BCUT2D eigenvalue weighted by atomic mass is 10.6. The fourth-order valence-corrected chi connectivity index (χ4v) is 2.20. The van der Waals surface area contributed by atoms with E-state index in [1.54, 1.807) is 18.4 Å². The number of rotatable bonds is 6. The number of ether oxygens (including phenoxy) is 2. The normalized spacial score (nSPS) is 10.6. The van der Waals surface area contributed by atoms with E-state index in [0.29, 0.717) is 19.8 Å². The molecule has 0 atom stereocenters. The van der Waals surface area contributed by atoms with E-state index in [2.05, 4.69) is 33.0 Å². The van der Waals surface area contributed by atoms with Gasteiger partial charge in [0, 0.05) is 16.9 Å². The van der Waals surface area contributed by atoms with Crippen molar-refractivity contribution in [2.45, 2.75) is 11.0 Å². The molecule has 0 aromatic carbocycles. The summed E-state index contributed by atoms with van der Waals surface area (Å²) >= 11 is 3.95. The van der Waals surface area contributed by atoms with Gasteiger partial charge in [-0.1, -0.05) is 22.6 Å².